The number of ether oxygens (including phenoxy) is 1. The molecule has 0 aliphatic carbocycles. The van der Waals surface area contributed by atoms with E-state index in [1.165, 1.54) is 17.0 Å². The molecule has 0 atom stereocenters. The third kappa shape index (κ3) is 4.69. The molecule has 2 fully saturated rings. The predicted molar refractivity (Wildman–Crippen MR) is 111 cm³/mol. The Hall–Kier alpha value is -2.20. The highest BCUT2D eigenvalue weighted by molar-refractivity contribution is 6.62. The van der Waals surface area contributed by atoms with Crippen molar-refractivity contribution in [1.82, 2.24) is 10.2 Å². The molecule has 0 radical (unpaired) electrons. The Labute approximate surface area is 181 Å². The third-order valence-electron chi connectivity index (χ3n) is 5.73. The van der Waals surface area contributed by atoms with E-state index >= 15 is 0 Å². The topological polar surface area (TPSA) is 77.1 Å². The van der Waals surface area contributed by atoms with Gasteiger partial charge in [-0.05, 0) is 54.5 Å². The van der Waals surface area contributed by atoms with Crippen LogP contribution in [0.2, 0.25) is 0 Å². The van der Waals surface area contributed by atoms with Crippen molar-refractivity contribution in [2.45, 2.75) is 71.3 Å². The fraction of sp³-hybridized carbons (Fsp3) is 0.619. The second-order valence-corrected chi connectivity index (χ2v) is 9.97. The minimum atomic E-state index is -1.27. The van der Waals surface area contributed by atoms with Crippen LogP contribution in [0.1, 0.15) is 58.8 Å². The summed E-state index contributed by atoms with van der Waals surface area (Å²) in [5, 5.41) is 2.61. The predicted octanol–water partition coefficient (Wildman–Crippen LogP) is 2.61. The Morgan fingerprint density at radius 1 is 1.10 bits per heavy atom. The van der Waals surface area contributed by atoms with Crippen LogP contribution in [-0.2, 0) is 14.0 Å². The van der Waals surface area contributed by atoms with E-state index in [0.29, 0.717) is 0 Å². The number of carbonyl (C=O) groups is 2. The van der Waals surface area contributed by atoms with Crippen LogP contribution in [0.3, 0.4) is 0 Å². The number of hydrogen-bond donors (Lipinski definition) is 1. The second-order valence-electron chi connectivity index (χ2n) is 9.97. The molecule has 1 aromatic carbocycles. The van der Waals surface area contributed by atoms with Gasteiger partial charge in [0, 0.05) is 18.6 Å². The van der Waals surface area contributed by atoms with Crippen molar-refractivity contribution in [2.75, 3.05) is 13.1 Å². The SMILES string of the molecule is CC(C)(C)OC(=O)N1CC(NC(=O)c2ccc(B3OC(C)(C)C(C)(C)O3)c(F)c2F)C1. The molecule has 2 saturated heterocycles. The Balaban J connectivity index is 1.64. The Morgan fingerprint density at radius 3 is 2.16 bits per heavy atom. The van der Waals surface area contributed by atoms with Gasteiger partial charge in [-0.25, -0.2) is 13.6 Å². The van der Waals surface area contributed by atoms with E-state index in [1.807, 2.05) is 27.7 Å². The summed E-state index contributed by atoms with van der Waals surface area (Å²) < 4.78 is 46.2. The molecule has 0 saturated carbocycles. The summed E-state index contributed by atoms with van der Waals surface area (Å²) >= 11 is 0. The molecule has 1 aromatic rings. The molecule has 7 nitrogen and oxygen atoms in total. The molecule has 2 heterocycles. The van der Waals surface area contributed by atoms with Gasteiger partial charge in [-0.1, -0.05) is 6.07 Å². The van der Waals surface area contributed by atoms with E-state index in [0.717, 1.165) is 0 Å². The zero-order chi connectivity index (χ0) is 23.4. The molecule has 2 aliphatic rings. The summed E-state index contributed by atoms with van der Waals surface area (Å²) in [6.07, 6.45) is -0.484. The van der Waals surface area contributed by atoms with Crippen molar-refractivity contribution >= 4 is 24.6 Å². The maximum atomic E-state index is 14.8. The number of benzene rings is 1. The summed E-state index contributed by atoms with van der Waals surface area (Å²) in [7, 11) is -1.08. The van der Waals surface area contributed by atoms with Gasteiger partial charge in [0.2, 0.25) is 0 Å². The van der Waals surface area contributed by atoms with E-state index in [4.69, 9.17) is 14.0 Å². The number of rotatable bonds is 3. The summed E-state index contributed by atoms with van der Waals surface area (Å²) in [5.74, 6) is -3.21. The number of nitrogens with zero attached hydrogens (tertiary/aromatic N) is 1. The molecular weight excluding hydrogens is 409 g/mol. The van der Waals surface area contributed by atoms with E-state index in [9.17, 15) is 18.4 Å². The third-order valence-corrected chi connectivity index (χ3v) is 5.73. The van der Waals surface area contributed by atoms with E-state index in [-0.39, 0.29) is 24.6 Å². The number of halogens is 2. The Bertz CT molecular complexity index is 878. The van der Waals surface area contributed by atoms with Crippen molar-refractivity contribution < 1.29 is 32.4 Å². The second kappa shape index (κ2) is 7.74. The van der Waals surface area contributed by atoms with Crippen LogP contribution in [0.5, 0.6) is 0 Å². The highest BCUT2D eigenvalue weighted by Crippen LogP contribution is 2.36. The fourth-order valence-electron chi connectivity index (χ4n) is 3.20. The number of amides is 2. The van der Waals surface area contributed by atoms with Gasteiger partial charge in [-0.2, -0.15) is 0 Å². The molecule has 10 heteroatoms. The van der Waals surface area contributed by atoms with Gasteiger partial charge in [0.1, 0.15) is 5.60 Å². The normalized spacial score (nSPS) is 20.4. The summed E-state index contributed by atoms with van der Waals surface area (Å²) in [6.45, 7) is 13.0. The van der Waals surface area contributed by atoms with Gasteiger partial charge in [-0.15, -0.1) is 0 Å². The van der Waals surface area contributed by atoms with Crippen LogP contribution >= 0.6 is 0 Å². The minimum absolute atomic E-state index is 0.104. The Kier molecular flexibility index (Phi) is 5.86. The molecule has 0 spiro atoms. The number of nitrogens with one attached hydrogen (secondary N) is 1. The summed E-state index contributed by atoms with van der Waals surface area (Å²) in [4.78, 5) is 25.8. The monoisotopic (exact) mass is 438 g/mol. The summed E-state index contributed by atoms with van der Waals surface area (Å²) in [6, 6.07) is 2.13. The van der Waals surface area contributed by atoms with Gasteiger partial charge in [0.05, 0.1) is 22.8 Å². The van der Waals surface area contributed by atoms with Gasteiger partial charge < -0.3 is 24.3 Å². The van der Waals surface area contributed by atoms with E-state index in [1.54, 1.807) is 20.8 Å². The average Bonchev–Trinajstić information content (AvgIpc) is 2.78. The molecule has 0 bridgehead atoms. The van der Waals surface area contributed by atoms with Crippen LogP contribution in [0, 0.1) is 11.6 Å². The fourth-order valence-corrected chi connectivity index (χ4v) is 3.20. The van der Waals surface area contributed by atoms with E-state index in [2.05, 4.69) is 5.32 Å². The number of likely N-dealkylation sites (tertiary alicyclic amines) is 1. The highest BCUT2D eigenvalue weighted by atomic mass is 19.2. The maximum absolute atomic E-state index is 14.8. The van der Waals surface area contributed by atoms with Crippen molar-refractivity contribution in [3.63, 3.8) is 0 Å². The van der Waals surface area contributed by atoms with Crippen LogP contribution in [0.4, 0.5) is 13.6 Å². The molecule has 2 aliphatic heterocycles. The lowest BCUT2D eigenvalue weighted by Crippen LogP contribution is -2.61. The van der Waals surface area contributed by atoms with Crippen molar-refractivity contribution in [3.8, 4) is 0 Å². The quantitative estimate of drug-likeness (QED) is 0.735. The Morgan fingerprint density at radius 2 is 1.65 bits per heavy atom. The first-order chi connectivity index (χ1) is 14.1. The number of hydrogen-bond acceptors (Lipinski definition) is 5. The number of carbonyl (C=O) groups excluding carboxylic acids is 2. The van der Waals surface area contributed by atoms with Crippen LogP contribution in [0.25, 0.3) is 0 Å². The lowest BCUT2D eigenvalue weighted by molar-refractivity contribution is 0.00530. The highest BCUT2D eigenvalue weighted by Gasteiger charge is 2.52. The average molecular weight is 438 g/mol. The van der Waals surface area contributed by atoms with E-state index < -0.39 is 53.1 Å². The van der Waals surface area contributed by atoms with Crippen LogP contribution in [-0.4, -0.2) is 60.0 Å². The molecule has 170 valence electrons. The summed E-state index contributed by atoms with van der Waals surface area (Å²) in [5.41, 5.74) is -2.56. The lowest BCUT2D eigenvalue weighted by Gasteiger charge is -2.39. The maximum Gasteiger partial charge on any atom is 0.497 e. The zero-order valence-electron chi connectivity index (χ0n) is 19.0. The molecular formula is C21H29BF2N2O5. The molecule has 0 unspecified atom stereocenters. The standard InChI is InChI=1S/C21H29BF2N2O5/c1-19(2,3)29-18(28)26-10-12(11-26)25-17(27)13-8-9-14(16(24)15(13)23)22-30-20(4,5)21(6,7)31-22/h8-9,12H,10-11H2,1-7H3,(H,25,27). The minimum Gasteiger partial charge on any atom is -0.444 e. The van der Waals surface area contributed by atoms with Crippen molar-refractivity contribution in [3.05, 3.63) is 29.3 Å². The van der Waals surface area contributed by atoms with Crippen molar-refractivity contribution in [1.29, 1.82) is 0 Å². The van der Waals surface area contributed by atoms with Crippen LogP contribution < -0.4 is 10.8 Å². The first-order valence-corrected chi connectivity index (χ1v) is 10.2. The van der Waals surface area contributed by atoms with Gasteiger partial charge in [-0.3, -0.25) is 4.79 Å². The van der Waals surface area contributed by atoms with Gasteiger partial charge in [0.25, 0.3) is 5.91 Å². The molecule has 1 N–H and O–H groups in total. The molecule has 31 heavy (non-hydrogen) atoms. The largest absolute Gasteiger partial charge is 0.497 e. The zero-order valence-corrected chi connectivity index (χ0v) is 19.0. The first kappa shape index (κ1) is 23.5. The molecule has 2 amide bonds. The van der Waals surface area contributed by atoms with Crippen molar-refractivity contribution in [2.24, 2.45) is 0 Å². The lowest BCUT2D eigenvalue weighted by atomic mass is 9.78. The van der Waals surface area contributed by atoms with Gasteiger partial charge in [0.15, 0.2) is 11.6 Å². The molecule has 3 rings (SSSR count). The smallest absolute Gasteiger partial charge is 0.444 e. The first-order valence-electron chi connectivity index (χ1n) is 10.2. The van der Waals surface area contributed by atoms with Crippen LogP contribution in [0.15, 0.2) is 12.1 Å². The van der Waals surface area contributed by atoms with Gasteiger partial charge >= 0.3 is 13.2 Å². The molecule has 0 aromatic heterocycles.